The van der Waals surface area contributed by atoms with Gasteiger partial charge in [0.25, 0.3) is 0 Å². The van der Waals surface area contributed by atoms with E-state index < -0.39 is 0 Å². The van der Waals surface area contributed by atoms with E-state index in [9.17, 15) is 0 Å². The summed E-state index contributed by atoms with van der Waals surface area (Å²) in [6.45, 7) is 3.70. The van der Waals surface area contributed by atoms with Crippen LogP contribution in [0.1, 0.15) is 11.4 Å². The predicted molar refractivity (Wildman–Crippen MR) is 125 cm³/mol. The molecule has 154 valence electrons. The van der Waals surface area contributed by atoms with Crippen molar-refractivity contribution in [2.24, 2.45) is 0 Å². The third kappa shape index (κ3) is 3.97. The van der Waals surface area contributed by atoms with Gasteiger partial charge in [0.05, 0.1) is 17.6 Å². The van der Waals surface area contributed by atoms with Gasteiger partial charge >= 0.3 is 0 Å². The van der Waals surface area contributed by atoms with Crippen LogP contribution in [0.25, 0.3) is 21.8 Å². The third-order valence-corrected chi connectivity index (χ3v) is 5.51. The molecular formula is C27H24N2O2. The first-order valence-electron chi connectivity index (χ1n) is 10.5. The zero-order valence-electron chi connectivity index (χ0n) is 17.5. The second-order valence-electron chi connectivity index (χ2n) is 7.55. The molecule has 0 aliphatic carbocycles. The van der Waals surface area contributed by atoms with Crippen LogP contribution in [0.5, 0.6) is 11.5 Å². The monoisotopic (exact) mass is 408 g/mol. The molecule has 0 aliphatic heterocycles. The Balaban J connectivity index is 1.37. The van der Waals surface area contributed by atoms with Gasteiger partial charge in [-0.2, -0.15) is 0 Å². The van der Waals surface area contributed by atoms with E-state index in [2.05, 4.69) is 41.8 Å². The molecule has 5 rings (SSSR count). The van der Waals surface area contributed by atoms with Crippen LogP contribution in [0.3, 0.4) is 0 Å². The van der Waals surface area contributed by atoms with Crippen LogP contribution in [-0.2, 0) is 13.2 Å². The molecule has 0 unspecified atom stereocenters. The van der Waals surface area contributed by atoms with Gasteiger partial charge in [0.1, 0.15) is 30.5 Å². The van der Waals surface area contributed by atoms with Gasteiger partial charge in [-0.05, 0) is 42.1 Å². The standard InChI is InChI=1S/C27H24N2O2/c1-20-9-2-7-15-25(20)31-19-27-28-23-13-5-6-14-24(23)29(27)17-18-30-26-16-8-11-21-10-3-4-12-22(21)26/h2-16H,17-19H2,1H3. The summed E-state index contributed by atoms with van der Waals surface area (Å²) in [5, 5.41) is 2.31. The summed E-state index contributed by atoms with van der Waals surface area (Å²) in [5.41, 5.74) is 3.17. The fourth-order valence-electron chi connectivity index (χ4n) is 3.91. The number of imidazole rings is 1. The zero-order valence-corrected chi connectivity index (χ0v) is 17.5. The van der Waals surface area contributed by atoms with Crippen LogP contribution in [0.15, 0.2) is 91.0 Å². The molecule has 0 radical (unpaired) electrons. The van der Waals surface area contributed by atoms with Crippen LogP contribution in [0.2, 0.25) is 0 Å². The van der Waals surface area contributed by atoms with Gasteiger partial charge in [-0.1, -0.05) is 66.7 Å². The molecule has 1 heterocycles. The highest BCUT2D eigenvalue weighted by atomic mass is 16.5. The molecular weight excluding hydrogens is 384 g/mol. The van der Waals surface area contributed by atoms with Crippen molar-refractivity contribution in [2.75, 3.05) is 6.61 Å². The van der Waals surface area contributed by atoms with Crippen molar-refractivity contribution in [3.8, 4) is 11.5 Å². The minimum Gasteiger partial charge on any atom is -0.491 e. The number of rotatable bonds is 7. The summed E-state index contributed by atoms with van der Waals surface area (Å²) in [6, 6.07) is 30.7. The Bertz CT molecular complexity index is 1330. The number of ether oxygens (including phenoxy) is 2. The fourth-order valence-corrected chi connectivity index (χ4v) is 3.91. The lowest BCUT2D eigenvalue weighted by molar-refractivity contribution is 0.272. The maximum Gasteiger partial charge on any atom is 0.148 e. The Morgan fingerprint density at radius 2 is 1.48 bits per heavy atom. The molecule has 0 amide bonds. The average molecular weight is 409 g/mol. The molecule has 0 N–H and O–H groups in total. The topological polar surface area (TPSA) is 36.3 Å². The fraction of sp³-hybridized carbons (Fsp3) is 0.148. The molecule has 0 saturated heterocycles. The van der Waals surface area contributed by atoms with Crippen LogP contribution in [0, 0.1) is 6.92 Å². The van der Waals surface area contributed by atoms with Crippen molar-refractivity contribution in [3.05, 3.63) is 102 Å². The molecule has 4 heteroatoms. The van der Waals surface area contributed by atoms with E-state index in [1.807, 2.05) is 60.7 Å². The van der Waals surface area contributed by atoms with Crippen molar-refractivity contribution in [3.63, 3.8) is 0 Å². The number of hydrogen-bond donors (Lipinski definition) is 0. The quantitative estimate of drug-likeness (QED) is 0.324. The van der Waals surface area contributed by atoms with Gasteiger partial charge in [-0.3, -0.25) is 0 Å². The lowest BCUT2D eigenvalue weighted by Crippen LogP contribution is -2.13. The van der Waals surface area contributed by atoms with Crippen molar-refractivity contribution < 1.29 is 9.47 Å². The molecule has 31 heavy (non-hydrogen) atoms. The SMILES string of the molecule is Cc1ccccc1OCc1nc2ccccc2n1CCOc1cccc2ccccc12. The van der Waals surface area contributed by atoms with Crippen molar-refractivity contribution >= 4 is 21.8 Å². The molecule has 0 bridgehead atoms. The van der Waals surface area contributed by atoms with E-state index >= 15 is 0 Å². The minimum absolute atomic E-state index is 0.411. The molecule has 0 aliphatic rings. The lowest BCUT2D eigenvalue weighted by Gasteiger charge is -2.13. The first-order valence-corrected chi connectivity index (χ1v) is 10.5. The number of benzene rings is 4. The maximum absolute atomic E-state index is 6.19. The summed E-state index contributed by atoms with van der Waals surface area (Å²) < 4.78 is 14.5. The molecule has 0 spiro atoms. The number of nitrogens with zero attached hydrogens (tertiary/aromatic N) is 2. The molecule has 0 atom stereocenters. The van der Waals surface area contributed by atoms with E-state index in [4.69, 9.17) is 14.5 Å². The van der Waals surface area contributed by atoms with E-state index in [1.165, 1.54) is 5.39 Å². The summed E-state index contributed by atoms with van der Waals surface area (Å²) in [5.74, 6) is 2.68. The van der Waals surface area contributed by atoms with Gasteiger partial charge in [0, 0.05) is 5.39 Å². The van der Waals surface area contributed by atoms with Gasteiger partial charge in [-0.15, -0.1) is 0 Å². The van der Waals surface area contributed by atoms with Gasteiger partial charge in [-0.25, -0.2) is 4.98 Å². The van der Waals surface area contributed by atoms with E-state index in [0.29, 0.717) is 19.8 Å². The molecule has 1 aromatic heterocycles. The summed E-state index contributed by atoms with van der Waals surface area (Å²) >= 11 is 0. The van der Waals surface area contributed by atoms with E-state index in [-0.39, 0.29) is 0 Å². The average Bonchev–Trinajstić information content (AvgIpc) is 3.16. The van der Waals surface area contributed by atoms with Crippen LogP contribution < -0.4 is 9.47 Å². The molecule has 4 nitrogen and oxygen atoms in total. The molecule has 0 saturated carbocycles. The van der Waals surface area contributed by atoms with Gasteiger partial charge in [0.15, 0.2) is 0 Å². The van der Waals surface area contributed by atoms with Crippen LogP contribution >= 0.6 is 0 Å². The summed E-state index contributed by atoms with van der Waals surface area (Å²) in [6.07, 6.45) is 0. The predicted octanol–water partition coefficient (Wildman–Crippen LogP) is 6.16. The Hall–Kier alpha value is -3.79. The number of para-hydroxylation sites is 3. The van der Waals surface area contributed by atoms with Crippen LogP contribution in [0.4, 0.5) is 0 Å². The normalized spacial score (nSPS) is 11.1. The Kier molecular flexibility index (Phi) is 5.28. The largest absolute Gasteiger partial charge is 0.491 e. The summed E-state index contributed by atoms with van der Waals surface area (Å²) in [4.78, 5) is 4.82. The molecule has 5 aromatic rings. The lowest BCUT2D eigenvalue weighted by atomic mass is 10.1. The van der Waals surface area contributed by atoms with Crippen molar-refractivity contribution in [2.45, 2.75) is 20.1 Å². The van der Waals surface area contributed by atoms with Crippen LogP contribution in [-0.4, -0.2) is 16.2 Å². The number of aromatic nitrogens is 2. The second kappa shape index (κ2) is 8.52. The third-order valence-electron chi connectivity index (χ3n) is 5.51. The maximum atomic E-state index is 6.19. The highest BCUT2D eigenvalue weighted by Crippen LogP contribution is 2.26. The highest BCUT2D eigenvalue weighted by molar-refractivity contribution is 5.88. The first kappa shape index (κ1) is 19.2. The van der Waals surface area contributed by atoms with Gasteiger partial charge < -0.3 is 14.0 Å². The number of fused-ring (bicyclic) bond motifs is 2. The van der Waals surface area contributed by atoms with Gasteiger partial charge in [0.2, 0.25) is 0 Å². The van der Waals surface area contributed by atoms with E-state index in [1.54, 1.807) is 0 Å². The zero-order chi connectivity index (χ0) is 21.0. The van der Waals surface area contributed by atoms with Crippen molar-refractivity contribution in [1.29, 1.82) is 0 Å². The highest BCUT2D eigenvalue weighted by Gasteiger charge is 2.12. The van der Waals surface area contributed by atoms with Crippen molar-refractivity contribution in [1.82, 2.24) is 9.55 Å². The number of aryl methyl sites for hydroxylation is 1. The number of hydrogen-bond acceptors (Lipinski definition) is 3. The first-order chi connectivity index (χ1) is 15.3. The Labute approximate surface area is 181 Å². The summed E-state index contributed by atoms with van der Waals surface area (Å²) in [7, 11) is 0. The van der Waals surface area contributed by atoms with E-state index in [0.717, 1.165) is 39.3 Å². The second-order valence-corrected chi connectivity index (χ2v) is 7.55. The minimum atomic E-state index is 0.411. The molecule has 0 fully saturated rings. The molecule has 4 aromatic carbocycles. The smallest absolute Gasteiger partial charge is 0.148 e. The Morgan fingerprint density at radius 3 is 2.42 bits per heavy atom. The Morgan fingerprint density at radius 1 is 0.742 bits per heavy atom.